The summed E-state index contributed by atoms with van der Waals surface area (Å²) < 4.78 is 27.8. The minimum absolute atomic E-state index is 0.238. The smallest absolute Gasteiger partial charge is 0.128 e. The number of hydrazine groups is 1. The Kier molecular flexibility index (Phi) is 4.45. The van der Waals surface area contributed by atoms with Crippen molar-refractivity contribution >= 4 is 27.3 Å². The van der Waals surface area contributed by atoms with Crippen molar-refractivity contribution in [2.75, 3.05) is 0 Å². The van der Waals surface area contributed by atoms with E-state index in [1.165, 1.54) is 6.07 Å². The molecule has 1 heterocycles. The molecule has 0 spiro atoms. The third-order valence-electron chi connectivity index (χ3n) is 2.57. The van der Waals surface area contributed by atoms with E-state index in [9.17, 15) is 8.78 Å². The van der Waals surface area contributed by atoms with E-state index in [0.717, 1.165) is 20.8 Å². The topological polar surface area (TPSA) is 38.0 Å². The summed E-state index contributed by atoms with van der Waals surface area (Å²) in [4.78, 5) is 1.04. The van der Waals surface area contributed by atoms with Crippen LogP contribution in [0.15, 0.2) is 34.1 Å². The molecule has 1 atom stereocenters. The van der Waals surface area contributed by atoms with Crippen LogP contribution < -0.4 is 11.3 Å². The summed E-state index contributed by atoms with van der Waals surface area (Å²) in [6, 6.07) is 6.76. The fourth-order valence-electron chi connectivity index (χ4n) is 1.70. The van der Waals surface area contributed by atoms with Gasteiger partial charge in [-0.1, -0.05) is 0 Å². The molecule has 1 unspecified atom stereocenters. The van der Waals surface area contributed by atoms with Crippen LogP contribution in [0.1, 0.15) is 16.5 Å². The third-order valence-corrected chi connectivity index (χ3v) is 4.21. The summed E-state index contributed by atoms with van der Waals surface area (Å²) in [6.07, 6.45) is 0.507. The maximum absolute atomic E-state index is 13.6. The molecule has 2 rings (SSSR count). The summed E-state index contributed by atoms with van der Waals surface area (Å²) in [6.45, 7) is 0. The Morgan fingerprint density at radius 3 is 2.67 bits per heavy atom. The molecule has 0 aliphatic heterocycles. The summed E-state index contributed by atoms with van der Waals surface area (Å²) >= 11 is 4.90. The van der Waals surface area contributed by atoms with Crippen molar-refractivity contribution in [3.05, 3.63) is 56.2 Å². The van der Waals surface area contributed by atoms with Crippen molar-refractivity contribution in [1.82, 2.24) is 5.43 Å². The largest absolute Gasteiger partial charge is 0.271 e. The van der Waals surface area contributed by atoms with E-state index < -0.39 is 17.7 Å². The summed E-state index contributed by atoms with van der Waals surface area (Å²) in [7, 11) is 0. The van der Waals surface area contributed by atoms with E-state index in [2.05, 4.69) is 21.4 Å². The number of benzene rings is 1. The van der Waals surface area contributed by atoms with Gasteiger partial charge in [-0.25, -0.2) is 8.78 Å². The number of nitrogens with one attached hydrogen (secondary N) is 1. The molecule has 0 amide bonds. The average Bonchev–Trinajstić information content (AvgIpc) is 2.75. The van der Waals surface area contributed by atoms with Crippen LogP contribution in [0.2, 0.25) is 0 Å². The van der Waals surface area contributed by atoms with Crippen LogP contribution in [0.4, 0.5) is 8.78 Å². The first-order valence-corrected chi connectivity index (χ1v) is 6.86. The van der Waals surface area contributed by atoms with Crippen molar-refractivity contribution in [2.45, 2.75) is 12.5 Å². The Balaban J connectivity index is 2.25. The van der Waals surface area contributed by atoms with Crippen LogP contribution in [0.25, 0.3) is 0 Å². The van der Waals surface area contributed by atoms with E-state index in [-0.39, 0.29) is 5.56 Å². The summed E-state index contributed by atoms with van der Waals surface area (Å²) in [5.41, 5.74) is 2.77. The lowest BCUT2D eigenvalue weighted by atomic mass is 10.0. The molecule has 0 aliphatic rings. The van der Waals surface area contributed by atoms with Crippen molar-refractivity contribution in [1.29, 1.82) is 0 Å². The number of halogens is 3. The zero-order valence-corrected chi connectivity index (χ0v) is 11.7. The molecule has 1 aromatic heterocycles. The van der Waals surface area contributed by atoms with Gasteiger partial charge < -0.3 is 0 Å². The van der Waals surface area contributed by atoms with Gasteiger partial charge >= 0.3 is 0 Å². The van der Waals surface area contributed by atoms with Gasteiger partial charge in [0.1, 0.15) is 11.6 Å². The van der Waals surface area contributed by atoms with E-state index in [1.807, 2.05) is 12.1 Å². The average molecular weight is 333 g/mol. The van der Waals surface area contributed by atoms with Crippen molar-refractivity contribution in [3.63, 3.8) is 0 Å². The fraction of sp³-hybridized carbons (Fsp3) is 0.167. The van der Waals surface area contributed by atoms with Crippen molar-refractivity contribution in [3.8, 4) is 0 Å². The van der Waals surface area contributed by atoms with Gasteiger partial charge in [0.2, 0.25) is 0 Å². The van der Waals surface area contributed by atoms with Crippen molar-refractivity contribution in [2.24, 2.45) is 5.84 Å². The van der Waals surface area contributed by atoms with Gasteiger partial charge in [-0.15, -0.1) is 11.3 Å². The van der Waals surface area contributed by atoms with Crippen LogP contribution in [0, 0.1) is 11.6 Å². The first-order valence-electron chi connectivity index (χ1n) is 5.25. The number of nitrogens with two attached hydrogens (primary N) is 1. The highest BCUT2D eigenvalue weighted by molar-refractivity contribution is 9.11. The second-order valence-corrected chi connectivity index (χ2v) is 6.34. The highest BCUT2D eigenvalue weighted by Crippen LogP contribution is 2.27. The molecule has 0 saturated heterocycles. The predicted octanol–water partition coefficient (Wildman–Crippen LogP) is 3.54. The van der Waals surface area contributed by atoms with E-state index in [4.69, 9.17) is 5.84 Å². The normalized spacial score (nSPS) is 12.7. The monoisotopic (exact) mass is 332 g/mol. The van der Waals surface area contributed by atoms with Crippen molar-refractivity contribution < 1.29 is 8.78 Å². The Labute approximate surface area is 116 Å². The van der Waals surface area contributed by atoms with Gasteiger partial charge in [0.05, 0.1) is 9.83 Å². The SMILES string of the molecule is NNC(Cc1ccc(Br)s1)c1cc(F)ccc1F. The van der Waals surface area contributed by atoms with E-state index >= 15 is 0 Å². The molecule has 0 fully saturated rings. The second kappa shape index (κ2) is 5.88. The Morgan fingerprint density at radius 1 is 1.28 bits per heavy atom. The molecule has 2 nitrogen and oxygen atoms in total. The highest BCUT2D eigenvalue weighted by Gasteiger charge is 2.16. The third kappa shape index (κ3) is 3.14. The van der Waals surface area contributed by atoms with Crippen LogP contribution in [0.5, 0.6) is 0 Å². The van der Waals surface area contributed by atoms with Gasteiger partial charge in [-0.05, 0) is 46.3 Å². The van der Waals surface area contributed by atoms with Gasteiger partial charge in [0.25, 0.3) is 0 Å². The standard InChI is InChI=1S/C12H11BrF2N2S/c13-12-4-2-8(18-12)6-11(17-16)9-5-7(14)1-3-10(9)15/h1-5,11,17H,6,16H2. The van der Waals surface area contributed by atoms with Gasteiger partial charge in [0.15, 0.2) is 0 Å². The van der Waals surface area contributed by atoms with Crippen LogP contribution in [0.3, 0.4) is 0 Å². The molecular formula is C12H11BrF2N2S. The Bertz CT molecular complexity index is 545. The molecule has 96 valence electrons. The lowest BCUT2D eigenvalue weighted by molar-refractivity contribution is 0.504. The molecule has 18 heavy (non-hydrogen) atoms. The number of hydrogen-bond acceptors (Lipinski definition) is 3. The molecule has 3 N–H and O–H groups in total. The van der Waals surface area contributed by atoms with Gasteiger partial charge in [0, 0.05) is 16.9 Å². The van der Waals surface area contributed by atoms with E-state index in [0.29, 0.717) is 6.42 Å². The molecule has 0 radical (unpaired) electrons. The quantitative estimate of drug-likeness (QED) is 0.663. The first kappa shape index (κ1) is 13.6. The molecule has 0 aliphatic carbocycles. The maximum atomic E-state index is 13.6. The minimum Gasteiger partial charge on any atom is -0.271 e. The van der Waals surface area contributed by atoms with Crippen LogP contribution >= 0.6 is 27.3 Å². The van der Waals surface area contributed by atoms with Crippen LogP contribution in [-0.4, -0.2) is 0 Å². The van der Waals surface area contributed by atoms with Gasteiger partial charge in [-0.2, -0.15) is 0 Å². The summed E-state index contributed by atoms with van der Waals surface area (Å²) in [5, 5.41) is 0. The zero-order valence-electron chi connectivity index (χ0n) is 9.29. The van der Waals surface area contributed by atoms with E-state index in [1.54, 1.807) is 11.3 Å². The molecule has 0 saturated carbocycles. The predicted molar refractivity (Wildman–Crippen MR) is 72.1 cm³/mol. The number of hydrogen-bond donors (Lipinski definition) is 2. The van der Waals surface area contributed by atoms with Gasteiger partial charge in [-0.3, -0.25) is 11.3 Å². The maximum Gasteiger partial charge on any atom is 0.128 e. The zero-order chi connectivity index (χ0) is 13.1. The molecular weight excluding hydrogens is 322 g/mol. The fourth-order valence-corrected chi connectivity index (χ4v) is 3.23. The second-order valence-electron chi connectivity index (χ2n) is 3.80. The number of rotatable bonds is 4. The molecule has 6 heteroatoms. The van der Waals surface area contributed by atoms with Crippen LogP contribution in [-0.2, 0) is 6.42 Å². The summed E-state index contributed by atoms with van der Waals surface area (Å²) in [5.74, 6) is 4.50. The minimum atomic E-state index is -0.473. The first-order chi connectivity index (χ1) is 8.60. The lowest BCUT2D eigenvalue weighted by Crippen LogP contribution is -2.30. The molecule has 0 bridgehead atoms. The molecule has 1 aromatic carbocycles. The Morgan fingerprint density at radius 2 is 2.06 bits per heavy atom. The lowest BCUT2D eigenvalue weighted by Gasteiger charge is -2.16. The number of thiophene rings is 1. The molecule has 2 aromatic rings. The Hall–Kier alpha value is -0.820. The highest BCUT2D eigenvalue weighted by atomic mass is 79.9.